The maximum Gasteiger partial charge on any atom is 0.354 e. The minimum Gasteiger partial charge on any atom is -0.477 e. The van der Waals surface area contributed by atoms with Crippen molar-refractivity contribution < 1.29 is 9.90 Å². The van der Waals surface area contributed by atoms with Gasteiger partial charge in [0.15, 0.2) is 11.5 Å². The van der Waals surface area contributed by atoms with Gasteiger partial charge in [0.1, 0.15) is 0 Å². The zero-order valence-electron chi connectivity index (χ0n) is 11.3. The van der Waals surface area contributed by atoms with Crippen molar-refractivity contribution >= 4 is 17.6 Å². The fraction of sp³-hybridized carbons (Fsp3) is 0. The largest absolute Gasteiger partial charge is 0.477 e. The van der Waals surface area contributed by atoms with E-state index < -0.39 is 5.97 Å². The van der Waals surface area contributed by atoms with Crippen LogP contribution in [0, 0.1) is 0 Å². The van der Waals surface area contributed by atoms with Crippen LogP contribution in [0.15, 0.2) is 54.9 Å². The highest BCUT2D eigenvalue weighted by Crippen LogP contribution is 2.23. The molecule has 0 fully saturated rings. The van der Waals surface area contributed by atoms with Crippen molar-refractivity contribution in [2.45, 2.75) is 0 Å². The van der Waals surface area contributed by atoms with Crippen molar-refractivity contribution in [3.05, 3.63) is 65.6 Å². The van der Waals surface area contributed by atoms with E-state index in [1.807, 2.05) is 0 Å². The lowest BCUT2D eigenvalue weighted by atomic mass is 10.1. The molecule has 1 N–H and O–H groups in total. The van der Waals surface area contributed by atoms with Crippen LogP contribution >= 0.6 is 11.6 Å². The maximum atomic E-state index is 11.3. The Morgan fingerprint density at radius 2 is 1.82 bits per heavy atom. The lowest BCUT2D eigenvalue weighted by Gasteiger charge is -2.06. The smallest absolute Gasteiger partial charge is 0.354 e. The molecule has 1 aromatic carbocycles. The molecule has 6 heteroatoms. The number of pyridine rings is 1. The predicted octanol–water partition coefficient (Wildman–Crippen LogP) is 3.56. The molecule has 0 aliphatic heterocycles. The van der Waals surface area contributed by atoms with Gasteiger partial charge in [-0.2, -0.15) is 0 Å². The first-order chi connectivity index (χ1) is 10.6. The number of rotatable bonds is 3. The van der Waals surface area contributed by atoms with Crippen LogP contribution in [0.2, 0.25) is 5.02 Å². The summed E-state index contributed by atoms with van der Waals surface area (Å²) in [6.07, 6.45) is 3.22. The Morgan fingerprint density at radius 3 is 2.45 bits per heavy atom. The second kappa shape index (κ2) is 5.91. The number of nitrogens with zero attached hydrogens (tertiary/aromatic N) is 3. The Bertz CT molecular complexity index is 821. The van der Waals surface area contributed by atoms with Gasteiger partial charge < -0.3 is 5.11 Å². The molecule has 0 aliphatic carbocycles. The van der Waals surface area contributed by atoms with Crippen LogP contribution < -0.4 is 0 Å². The molecule has 5 nitrogen and oxygen atoms in total. The molecule has 22 heavy (non-hydrogen) atoms. The predicted molar refractivity (Wildman–Crippen MR) is 82.7 cm³/mol. The van der Waals surface area contributed by atoms with Crippen molar-refractivity contribution in [1.29, 1.82) is 0 Å². The van der Waals surface area contributed by atoms with Crippen LogP contribution in [0.3, 0.4) is 0 Å². The maximum absolute atomic E-state index is 11.3. The van der Waals surface area contributed by atoms with Crippen LogP contribution in [0.1, 0.15) is 10.5 Å². The fourth-order valence-corrected chi connectivity index (χ4v) is 2.08. The molecule has 0 bridgehead atoms. The molecule has 108 valence electrons. The molecule has 0 saturated carbocycles. The summed E-state index contributed by atoms with van der Waals surface area (Å²) in [5, 5.41) is 9.85. The van der Waals surface area contributed by atoms with Gasteiger partial charge in [-0.3, -0.25) is 4.98 Å². The lowest BCUT2D eigenvalue weighted by Crippen LogP contribution is -2.04. The third-order valence-corrected chi connectivity index (χ3v) is 3.26. The molecular formula is C16H10ClN3O2. The van der Waals surface area contributed by atoms with Crippen molar-refractivity contribution in [2.75, 3.05) is 0 Å². The summed E-state index contributed by atoms with van der Waals surface area (Å²) in [4.78, 5) is 23.8. The number of carboxylic acids is 1. The number of carbonyl (C=O) groups is 1. The van der Waals surface area contributed by atoms with Crippen LogP contribution in [-0.2, 0) is 0 Å². The topological polar surface area (TPSA) is 76.0 Å². The van der Waals surface area contributed by atoms with E-state index in [9.17, 15) is 9.90 Å². The van der Waals surface area contributed by atoms with Gasteiger partial charge in [0.25, 0.3) is 0 Å². The van der Waals surface area contributed by atoms with E-state index in [-0.39, 0.29) is 5.69 Å². The Labute approximate surface area is 131 Å². The summed E-state index contributed by atoms with van der Waals surface area (Å²) < 4.78 is 0. The van der Waals surface area contributed by atoms with Crippen LogP contribution in [0.4, 0.5) is 0 Å². The fourth-order valence-electron chi connectivity index (χ4n) is 1.95. The minimum atomic E-state index is -1.11. The molecule has 3 rings (SSSR count). The second-order valence-electron chi connectivity index (χ2n) is 4.52. The van der Waals surface area contributed by atoms with Gasteiger partial charge in [0.05, 0.1) is 5.69 Å². The van der Waals surface area contributed by atoms with E-state index in [4.69, 9.17) is 11.6 Å². The lowest BCUT2D eigenvalue weighted by molar-refractivity contribution is 0.0690. The zero-order valence-corrected chi connectivity index (χ0v) is 12.0. The number of aromatic nitrogens is 3. The van der Waals surface area contributed by atoms with Gasteiger partial charge in [-0.1, -0.05) is 23.7 Å². The highest BCUT2D eigenvalue weighted by Gasteiger charge is 2.13. The number of hydrogen-bond donors (Lipinski definition) is 1. The average Bonchev–Trinajstić information content (AvgIpc) is 2.56. The summed E-state index contributed by atoms with van der Waals surface area (Å²) >= 11 is 5.87. The van der Waals surface area contributed by atoms with Crippen LogP contribution in [-0.4, -0.2) is 26.0 Å². The van der Waals surface area contributed by atoms with Gasteiger partial charge in [0.2, 0.25) is 0 Å². The molecule has 0 radical (unpaired) electrons. The Kier molecular flexibility index (Phi) is 3.80. The highest BCUT2D eigenvalue weighted by atomic mass is 35.5. The summed E-state index contributed by atoms with van der Waals surface area (Å²) in [7, 11) is 0. The third-order valence-electron chi connectivity index (χ3n) is 3.00. The van der Waals surface area contributed by atoms with Gasteiger partial charge in [0, 0.05) is 28.5 Å². The molecule has 2 aromatic heterocycles. The summed E-state index contributed by atoms with van der Waals surface area (Å²) in [6.45, 7) is 0. The molecule has 0 saturated heterocycles. The number of halogens is 1. The standard InChI is InChI=1S/C16H10ClN3O2/c17-12-5-3-10(4-6-12)13-8-14(16(21)22)20-15(19-13)11-2-1-7-18-9-11/h1-9H,(H,21,22). The SMILES string of the molecule is O=C(O)c1cc(-c2ccc(Cl)cc2)nc(-c2cccnc2)n1. The van der Waals surface area contributed by atoms with E-state index in [2.05, 4.69) is 15.0 Å². The molecule has 3 aromatic rings. The van der Waals surface area contributed by atoms with Gasteiger partial charge >= 0.3 is 5.97 Å². The van der Waals surface area contributed by atoms with E-state index in [0.717, 1.165) is 5.56 Å². The third kappa shape index (κ3) is 2.94. The second-order valence-corrected chi connectivity index (χ2v) is 4.95. The summed E-state index contributed by atoms with van der Waals surface area (Å²) in [5.74, 6) is -0.791. The molecule has 0 unspecified atom stereocenters. The first-order valence-corrected chi connectivity index (χ1v) is 6.80. The molecule has 0 amide bonds. The Hall–Kier alpha value is -2.79. The van der Waals surface area contributed by atoms with Crippen LogP contribution in [0.5, 0.6) is 0 Å². The Balaban J connectivity index is 2.16. The van der Waals surface area contributed by atoms with Crippen molar-refractivity contribution in [3.63, 3.8) is 0 Å². The normalized spacial score (nSPS) is 10.4. The van der Waals surface area contributed by atoms with Crippen molar-refractivity contribution in [3.8, 4) is 22.6 Å². The van der Waals surface area contributed by atoms with Crippen molar-refractivity contribution in [1.82, 2.24) is 15.0 Å². The van der Waals surface area contributed by atoms with Gasteiger partial charge in [-0.25, -0.2) is 14.8 Å². The molecular weight excluding hydrogens is 302 g/mol. The van der Waals surface area contributed by atoms with Crippen molar-refractivity contribution in [2.24, 2.45) is 0 Å². The minimum absolute atomic E-state index is 0.0706. The highest BCUT2D eigenvalue weighted by molar-refractivity contribution is 6.30. The van der Waals surface area contributed by atoms with E-state index in [1.54, 1.807) is 48.8 Å². The quantitative estimate of drug-likeness (QED) is 0.800. The van der Waals surface area contributed by atoms with Crippen LogP contribution in [0.25, 0.3) is 22.6 Å². The number of hydrogen-bond acceptors (Lipinski definition) is 4. The zero-order chi connectivity index (χ0) is 15.5. The average molecular weight is 312 g/mol. The monoisotopic (exact) mass is 311 g/mol. The molecule has 0 aliphatic rings. The molecule has 2 heterocycles. The number of aromatic carboxylic acids is 1. The van der Waals surface area contributed by atoms with E-state index in [1.165, 1.54) is 6.07 Å². The van der Waals surface area contributed by atoms with Gasteiger partial charge in [-0.15, -0.1) is 0 Å². The number of carboxylic acid groups (broad SMARTS) is 1. The first kappa shape index (κ1) is 14.2. The van der Waals surface area contributed by atoms with E-state index >= 15 is 0 Å². The number of benzene rings is 1. The molecule has 0 atom stereocenters. The summed E-state index contributed by atoms with van der Waals surface area (Å²) in [5.41, 5.74) is 1.86. The van der Waals surface area contributed by atoms with E-state index in [0.29, 0.717) is 22.1 Å². The molecule has 0 spiro atoms. The Morgan fingerprint density at radius 1 is 1.05 bits per heavy atom. The first-order valence-electron chi connectivity index (χ1n) is 6.42. The van der Waals surface area contributed by atoms with Gasteiger partial charge in [-0.05, 0) is 30.3 Å². The summed E-state index contributed by atoms with van der Waals surface area (Å²) in [6, 6.07) is 12.0.